The zero-order valence-corrected chi connectivity index (χ0v) is 15.9. The van der Waals surface area contributed by atoms with Crippen molar-refractivity contribution in [3.05, 3.63) is 29.8 Å². The molecule has 142 valence electrons. The van der Waals surface area contributed by atoms with Gasteiger partial charge in [-0.05, 0) is 37.6 Å². The highest BCUT2D eigenvalue weighted by Crippen LogP contribution is 2.15. The maximum absolute atomic E-state index is 9.53. The Morgan fingerprint density at radius 3 is 1.92 bits per heavy atom. The molecule has 0 spiro atoms. The molecule has 0 saturated carbocycles. The molecule has 0 aliphatic rings. The molecule has 1 aromatic carbocycles. The Balaban J connectivity index is 2.09. The molecule has 0 amide bonds. The van der Waals surface area contributed by atoms with Gasteiger partial charge < -0.3 is 15.1 Å². The topological polar surface area (TPSA) is 62.0 Å². The molecule has 4 heteroatoms. The minimum absolute atomic E-state index is 0.265. The highest BCUT2D eigenvalue weighted by atomic mass is 16.5. The molecular formula is C21H35NO3. The fourth-order valence-electron chi connectivity index (χ4n) is 2.88. The van der Waals surface area contributed by atoms with Gasteiger partial charge in [-0.2, -0.15) is 0 Å². The molecule has 0 aliphatic heterocycles. The van der Waals surface area contributed by atoms with Gasteiger partial charge in [0.25, 0.3) is 0 Å². The van der Waals surface area contributed by atoms with Crippen LogP contribution in [0, 0.1) is 0 Å². The first-order valence-electron chi connectivity index (χ1n) is 9.82. The second-order valence-electron chi connectivity index (χ2n) is 6.72. The molecule has 2 N–H and O–H groups in total. The van der Waals surface area contributed by atoms with Crippen LogP contribution in [0.3, 0.4) is 0 Å². The lowest BCUT2D eigenvalue weighted by molar-refractivity contribution is 0.248. The van der Waals surface area contributed by atoms with E-state index in [9.17, 15) is 5.11 Å². The van der Waals surface area contributed by atoms with Crippen molar-refractivity contribution >= 4 is 5.71 Å². The van der Waals surface area contributed by atoms with E-state index in [0.717, 1.165) is 18.8 Å². The Labute approximate surface area is 152 Å². The van der Waals surface area contributed by atoms with Gasteiger partial charge in [-0.25, -0.2) is 0 Å². The first-order chi connectivity index (χ1) is 12.2. The summed E-state index contributed by atoms with van der Waals surface area (Å²) in [5.74, 6) is 0.808. The Kier molecular flexibility index (Phi) is 11.8. The molecule has 1 rings (SSSR count). The first kappa shape index (κ1) is 21.5. The van der Waals surface area contributed by atoms with Gasteiger partial charge in [0.05, 0.1) is 12.7 Å². The van der Waals surface area contributed by atoms with Crippen molar-refractivity contribution in [1.29, 1.82) is 0 Å². The quantitative estimate of drug-likeness (QED) is 0.200. The number of ether oxygens (including phenoxy) is 1. The summed E-state index contributed by atoms with van der Waals surface area (Å²) in [5, 5.41) is 21.6. The summed E-state index contributed by atoms with van der Waals surface area (Å²) >= 11 is 0. The predicted octanol–water partition coefficient (Wildman–Crippen LogP) is 5.55. The van der Waals surface area contributed by atoms with E-state index in [0.29, 0.717) is 5.56 Å². The summed E-state index contributed by atoms with van der Waals surface area (Å²) in [4.78, 5) is 0. The maximum atomic E-state index is 9.53. The Morgan fingerprint density at radius 2 is 1.44 bits per heavy atom. The molecule has 0 saturated heterocycles. The number of nitrogens with zero attached hydrogens (tertiary/aromatic N) is 1. The van der Waals surface area contributed by atoms with E-state index in [4.69, 9.17) is 9.94 Å². The SMILES string of the molecule is CCCCCCCCCCCCOc1ccc(C(=NO)C(C)O)cc1. The van der Waals surface area contributed by atoms with Crippen LogP contribution in [0.1, 0.15) is 83.6 Å². The Morgan fingerprint density at radius 1 is 0.920 bits per heavy atom. The third-order valence-electron chi connectivity index (χ3n) is 4.42. The van der Waals surface area contributed by atoms with E-state index in [1.54, 1.807) is 19.1 Å². The van der Waals surface area contributed by atoms with Crippen LogP contribution in [0.4, 0.5) is 0 Å². The zero-order valence-electron chi connectivity index (χ0n) is 15.9. The molecule has 0 aliphatic carbocycles. The van der Waals surface area contributed by atoms with Crippen molar-refractivity contribution in [2.45, 2.75) is 84.2 Å². The number of oxime groups is 1. The van der Waals surface area contributed by atoms with Gasteiger partial charge in [-0.15, -0.1) is 0 Å². The molecule has 0 aromatic heterocycles. The fourth-order valence-corrected chi connectivity index (χ4v) is 2.88. The van der Waals surface area contributed by atoms with E-state index >= 15 is 0 Å². The summed E-state index contributed by atoms with van der Waals surface area (Å²) in [6, 6.07) is 7.30. The average molecular weight is 350 g/mol. The first-order valence-corrected chi connectivity index (χ1v) is 9.82. The molecular weight excluding hydrogens is 314 g/mol. The number of hydrogen-bond acceptors (Lipinski definition) is 4. The highest BCUT2D eigenvalue weighted by Gasteiger charge is 2.10. The molecule has 1 atom stereocenters. The Bertz CT molecular complexity index is 469. The van der Waals surface area contributed by atoms with Crippen LogP contribution in [0.15, 0.2) is 29.4 Å². The number of aliphatic hydroxyl groups is 1. The molecule has 1 aromatic rings. The number of aliphatic hydroxyl groups excluding tert-OH is 1. The molecule has 0 fully saturated rings. The molecule has 1 unspecified atom stereocenters. The normalized spacial score (nSPS) is 13.0. The smallest absolute Gasteiger partial charge is 0.119 e. The van der Waals surface area contributed by atoms with Gasteiger partial charge in [0, 0.05) is 5.56 Å². The molecule has 0 heterocycles. The summed E-state index contributed by atoms with van der Waals surface area (Å²) in [6.07, 6.45) is 12.4. The molecule has 0 bridgehead atoms. The van der Waals surface area contributed by atoms with E-state index in [-0.39, 0.29) is 5.71 Å². The lowest BCUT2D eigenvalue weighted by Gasteiger charge is -2.09. The zero-order chi connectivity index (χ0) is 18.3. The summed E-state index contributed by atoms with van der Waals surface area (Å²) in [7, 11) is 0. The second-order valence-corrected chi connectivity index (χ2v) is 6.72. The van der Waals surface area contributed by atoms with Crippen molar-refractivity contribution in [3.8, 4) is 5.75 Å². The van der Waals surface area contributed by atoms with Gasteiger partial charge in [0.1, 0.15) is 11.5 Å². The van der Waals surface area contributed by atoms with Crippen LogP contribution < -0.4 is 4.74 Å². The third-order valence-corrected chi connectivity index (χ3v) is 4.42. The summed E-state index contributed by atoms with van der Waals surface area (Å²) in [6.45, 7) is 4.56. The summed E-state index contributed by atoms with van der Waals surface area (Å²) in [5.41, 5.74) is 0.963. The van der Waals surface area contributed by atoms with E-state index in [1.807, 2.05) is 12.1 Å². The van der Waals surface area contributed by atoms with Gasteiger partial charge in [-0.1, -0.05) is 69.9 Å². The fraction of sp³-hybridized carbons (Fsp3) is 0.667. The van der Waals surface area contributed by atoms with Crippen LogP contribution in [0.2, 0.25) is 0 Å². The monoisotopic (exact) mass is 349 g/mol. The standard InChI is InChI=1S/C21H35NO3/c1-3-4-5-6-7-8-9-10-11-12-17-25-20-15-13-19(14-16-20)21(22-24)18(2)23/h13-16,18,23-24H,3-12,17H2,1-2H3. The van der Waals surface area contributed by atoms with Crippen LogP contribution in [-0.4, -0.2) is 28.7 Å². The number of hydrogen-bond donors (Lipinski definition) is 2. The third kappa shape index (κ3) is 9.49. The number of unbranched alkanes of at least 4 members (excludes halogenated alkanes) is 9. The van der Waals surface area contributed by atoms with Crippen LogP contribution in [0.5, 0.6) is 5.75 Å². The minimum atomic E-state index is -0.802. The van der Waals surface area contributed by atoms with Crippen LogP contribution in [0.25, 0.3) is 0 Å². The predicted molar refractivity (Wildman–Crippen MR) is 104 cm³/mol. The Hall–Kier alpha value is -1.55. The van der Waals surface area contributed by atoms with E-state index in [1.165, 1.54) is 57.8 Å². The minimum Gasteiger partial charge on any atom is -0.494 e. The maximum Gasteiger partial charge on any atom is 0.119 e. The van der Waals surface area contributed by atoms with E-state index < -0.39 is 6.10 Å². The number of rotatable bonds is 14. The lowest BCUT2D eigenvalue weighted by Crippen LogP contribution is -2.17. The van der Waals surface area contributed by atoms with Crippen LogP contribution in [-0.2, 0) is 0 Å². The molecule has 25 heavy (non-hydrogen) atoms. The van der Waals surface area contributed by atoms with Crippen molar-refractivity contribution < 1.29 is 15.1 Å². The van der Waals surface area contributed by atoms with E-state index in [2.05, 4.69) is 12.1 Å². The molecule has 0 radical (unpaired) electrons. The lowest BCUT2D eigenvalue weighted by atomic mass is 10.1. The highest BCUT2D eigenvalue weighted by molar-refractivity contribution is 6.03. The van der Waals surface area contributed by atoms with Gasteiger partial charge >= 0.3 is 0 Å². The van der Waals surface area contributed by atoms with Crippen molar-refractivity contribution in [2.24, 2.45) is 5.16 Å². The van der Waals surface area contributed by atoms with Crippen LogP contribution >= 0.6 is 0 Å². The average Bonchev–Trinajstić information content (AvgIpc) is 2.61. The van der Waals surface area contributed by atoms with Crippen molar-refractivity contribution in [1.82, 2.24) is 0 Å². The molecule has 4 nitrogen and oxygen atoms in total. The van der Waals surface area contributed by atoms with Gasteiger partial charge in [-0.3, -0.25) is 0 Å². The summed E-state index contributed by atoms with van der Waals surface area (Å²) < 4.78 is 5.74. The van der Waals surface area contributed by atoms with Crippen molar-refractivity contribution in [3.63, 3.8) is 0 Å². The van der Waals surface area contributed by atoms with Gasteiger partial charge in [0.15, 0.2) is 0 Å². The largest absolute Gasteiger partial charge is 0.494 e. The van der Waals surface area contributed by atoms with Gasteiger partial charge in [0.2, 0.25) is 0 Å². The number of benzene rings is 1. The van der Waals surface area contributed by atoms with Crippen molar-refractivity contribution in [2.75, 3.05) is 6.61 Å². The second kappa shape index (κ2) is 13.7.